The Bertz CT molecular complexity index is 391. The van der Waals surface area contributed by atoms with Crippen molar-refractivity contribution >= 4 is 5.91 Å². The van der Waals surface area contributed by atoms with Gasteiger partial charge in [-0.25, -0.2) is 4.98 Å². The van der Waals surface area contributed by atoms with Gasteiger partial charge in [0.1, 0.15) is 12.2 Å². The fourth-order valence-electron chi connectivity index (χ4n) is 2.71. The van der Waals surface area contributed by atoms with Gasteiger partial charge in [-0.2, -0.15) is 5.10 Å². The molecular weight excluding hydrogens is 228 g/mol. The van der Waals surface area contributed by atoms with Gasteiger partial charge in [0.15, 0.2) is 0 Å². The molecule has 0 bridgehead atoms. The first-order valence-electron chi connectivity index (χ1n) is 6.96. The average Bonchev–Trinajstić information content (AvgIpc) is 3.08. The van der Waals surface area contributed by atoms with E-state index in [2.05, 4.69) is 15.2 Å². The van der Waals surface area contributed by atoms with Crippen LogP contribution >= 0.6 is 0 Å². The molecule has 18 heavy (non-hydrogen) atoms. The summed E-state index contributed by atoms with van der Waals surface area (Å²) >= 11 is 0. The van der Waals surface area contributed by atoms with Crippen molar-refractivity contribution in [2.24, 2.45) is 5.92 Å². The summed E-state index contributed by atoms with van der Waals surface area (Å²) in [5.74, 6) is 2.61. The number of rotatable bonds is 4. The number of hydrogen-bond acceptors (Lipinski definition) is 3. The molecule has 1 aromatic heterocycles. The number of H-pyrrole nitrogens is 1. The normalized spacial score (nSPS) is 21.2. The van der Waals surface area contributed by atoms with E-state index in [9.17, 15) is 4.79 Å². The largest absolute Gasteiger partial charge is 0.343 e. The first kappa shape index (κ1) is 11.7. The Morgan fingerprint density at radius 2 is 2.11 bits per heavy atom. The lowest BCUT2D eigenvalue weighted by Crippen LogP contribution is -2.38. The summed E-state index contributed by atoms with van der Waals surface area (Å²) in [5, 5.41) is 6.83. The van der Waals surface area contributed by atoms with E-state index in [1.165, 1.54) is 12.8 Å². The molecule has 0 spiro atoms. The monoisotopic (exact) mass is 248 g/mol. The van der Waals surface area contributed by atoms with E-state index in [4.69, 9.17) is 0 Å². The molecule has 0 unspecified atom stereocenters. The van der Waals surface area contributed by atoms with Crippen molar-refractivity contribution in [2.45, 2.75) is 44.4 Å². The molecule has 2 aliphatic rings. The number of aromatic amines is 1. The minimum atomic E-state index is 0.345. The number of carbonyl (C=O) groups is 1. The van der Waals surface area contributed by atoms with Crippen molar-refractivity contribution in [1.29, 1.82) is 0 Å². The molecular formula is C13H20N4O. The fraction of sp³-hybridized carbons (Fsp3) is 0.769. The number of amides is 1. The molecule has 2 fully saturated rings. The standard InChI is InChI=1S/C13H20N4O/c18-12(4-3-10-1-2-10)17-7-5-11(6-8-17)13-14-9-15-16-13/h9-11H,1-8H2,(H,14,15,16). The molecule has 1 N–H and O–H groups in total. The van der Waals surface area contributed by atoms with E-state index >= 15 is 0 Å². The molecule has 2 heterocycles. The summed E-state index contributed by atoms with van der Waals surface area (Å²) in [6, 6.07) is 0. The van der Waals surface area contributed by atoms with Gasteiger partial charge in [-0.3, -0.25) is 9.89 Å². The second kappa shape index (κ2) is 5.08. The third-order valence-corrected chi connectivity index (χ3v) is 4.13. The summed E-state index contributed by atoms with van der Waals surface area (Å²) in [5.41, 5.74) is 0. The molecule has 1 aliphatic heterocycles. The SMILES string of the molecule is O=C(CCC1CC1)N1CCC(c2ncn[nH]2)CC1. The van der Waals surface area contributed by atoms with Crippen molar-refractivity contribution in [2.75, 3.05) is 13.1 Å². The Labute approximate surface area is 107 Å². The first-order valence-corrected chi connectivity index (χ1v) is 6.96. The molecule has 1 saturated heterocycles. The number of piperidine rings is 1. The van der Waals surface area contributed by atoms with Crippen LogP contribution in [-0.4, -0.2) is 39.1 Å². The Hall–Kier alpha value is -1.39. The molecule has 1 saturated carbocycles. The van der Waals surface area contributed by atoms with Gasteiger partial charge in [0, 0.05) is 25.4 Å². The van der Waals surface area contributed by atoms with Crippen molar-refractivity contribution in [3.8, 4) is 0 Å². The van der Waals surface area contributed by atoms with Gasteiger partial charge in [-0.1, -0.05) is 12.8 Å². The van der Waals surface area contributed by atoms with Gasteiger partial charge in [-0.05, 0) is 25.2 Å². The second-order valence-corrected chi connectivity index (χ2v) is 5.51. The lowest BCUT2D eigenvalue weighted by Gasteiger charge is -2.31. The van der Waals surface area contributed by atoms with Gasteiger partial charge in [0.05, 0.1) is 0 Å². The highest BCUT2D eigenvalue weighted by Crippen LogP contribution is 2.34. The summed E-state index contributed by atoms with van der Waals surface area (Å²) in [7, 11) is 0. The summed E-state index contributed by atoms with van der Waals surface area (Å²) in [6.45, 7) is 1.74. The van der Waals surface area contributed by atoms with E-state index in [1.807, 2.05) is 4.90 Å². The molecule has 0 aromatic carbocycles. The van der Waals surface area contributed by atoms with Gasteiger partial charge in [-0.15, -0.1) is 0 Å². The smallest absolute Gasteiger partial charge is 0.222 e. The summed E-state index contributed by atoms with van der Waals surface area (Å²) in [6.07, 6.45) is 8.08. The molecule has 1 amide bonds. The highest BCUT2D eigenvalue weighted by atomic mass is 16.2. The van der Waals surface area contributed by atoms with E-state index < -0.39 is 0 Å². The van der Waals surface area contributed by atoms with Crippen molar-refractivity contribution in [3.05, 3.63) is 12.2 Å². The fourth-order valence-corrected chi connectivity index (χ4v) is 2.71. The maximum atomic E-state index is 12.0. The van der Waals surface area contributed by atoms with Crippen LogP contribution in [0.2, 0.25) is 0 Å². The minimum Gasteiger partial charge on any atom is -0.343 e. The van der Waals surface area contributed by atoms with Gasteiger partial charge < -0.3 is 4.90 Å². The Morgan fingerprint density at radius 1 is 1.33 bits per heavy atom. The zero-order valence-corrected chi connectivity index (χ0v) is 10.6. The van der Waals surface area contributed by atoms with Crippen molar-refractivity contribution < 1.29 is 4.79 Å². The zero-order chi connectivity index (χ0) is 12.4. The topological polar surface area (TPSA) is 61.9 Å². The third-order valence-electron chi connectivity index (χ3n) is 4.13. The van der Waals surface area contributed by atoms with Crippen molar-refractivity contribution in [1.82, 2.24) is 20.1 Å². The minimum absolute atomic E-state index is 0.345. The quantitative estimate of drug-likeness (QED) is 0.882. The number of likely N-dealkylation sites (tertiary alicyclic amines) is 1. The van der Waals surface area contributed by atoms with E-state index in [1.54, 1.807) is 6.33 Å². The molecule has 1 aliphatic carbocycles. The Kier molecular flexibility index (Phi) is 3.30. The van der Waals surface area contributed by atoms with Gasteiger partial charge in [0.2, 0.25) is 5.91 Å². The van der Waals surface area contributed by atoms with Crippen LogP contribution in [0.15, 0.2) is 6.33 Å². The highest BCUT2D eigenvalue weighted by molar-refractivity contribution is 5.76. The van der Waals surface area contributed by atoms with Gasteiger partial charge >= 0.3 is 0 Å². The van der Waals surface area contributed by atoms with Crippen LogP contribution in [0.1, 0.15) is 50.3 Å². The molecule has 0 radical (unpaired) electrons. The molecule has 0 atom stereocenters. The van der Waals surface area contributed by atoms with Crippen molar-refractivity contribution in [3.63, 3.8) is 0 Å². The predicted molar refractivity (Wildman–Crippen MR) is 66.9 cm³/mol. The lowest BCUT2D eigenvalue weighted by molar-refractivity contribution is -0.132. The molecule has 3 rings (SSSR count). The van der Waals surface area contributed by atoms with Crippen LogP contribution in [0.3, 0.4) is 0 Å². The Balaban J connectivity index is 1.45. The van der Waals surface area contributed by atoms with Crippen LogP contribution in [0.4, 0.5) is 0 Å². The predicted octanol–water partition coefficient (Wildman–Crippen LogP) is 1.70. The zero-order valence-electron chi connectivity index (χ0n) is 10.6. The van der Waals surface area contributed by atoms with E-state index in [0.717, 1.165) is 50.5 Å². The molecule has 98 valence electrons. The lowest BCUT2D eigenvalue weighted by atomic mass is 9.96. The second-order valence-electron chi connectivity index (χ2n) is 5.51. The number of nitrogens with one attached hydrogen (secondary N) is 1. The van der Waals surface area contributed by atoms with Crippen LogP contribution in [0, 0.1) is 5.92 Å². The number of aromatic nitrogens is 3. The molecule has 1 aromatic rings. The van der Waals surface area contributed by atoms with Crippen LogP contribution in [0.5, 0.6) is 0 Å². The van der Waals surface area contributed by atoms with Crippen LogP contribution in [0.25, 0.3) is 0 Å². The van der Waals surface area contributed by atoms with E-state index in [-0.39, 0.29) is 0 Å². The van der Waals surface area contributed by atoms with Gasteiger partial charge in [0.25, 0.3) is 0 Å². The van der Waals surface area contributed by atoms with Crippen LogP contribution in [-0.2, 0) is 4.79 Å². The maximum absolute atomic E-state index is 12.0. The number of carbonyl (C=O) groups excluding carboxylic acids is 1. The van der Waals surface area contributed by atoms with Crippen LogP contribution < -0.4 is 0 Å². The highest BCUT2D eigenvalue weighted by Gasteiger charge is 2.27. The van der Waals surface area contributed by atoms with E-state index in [0.29, 0.717) is 11.8 Å². The average molecular weight is 248 g/mol. The Morgan fingerprint density at radius 3 is 2.72 bits per heavy atom. The maximum Gasteiger partial charge on any atom is 0.222 e. The number of nitrogens with zero attached hydrogens (tertiary/aromatic N) is 3. The third kappa shape index (κ3) is 2.71. The molecule has 5 heteroatoms. The molecule has 5 nitrogen and oxygen atoms in total. The summed E-state index contributed by atoms with van der Waals surface area (Å²) in [4.78, 5) is 18.2. The summed E-state index contributed by atoms with van der Waals surface area (Å²) < 4.78 is 0. The number of hydrogen-bond donors (Lipinski definition) is 1. The first-order chi connectivity index (χ1) is 8.83.